The van der Waals surface area contributed by atoms with Gasteiger partial charge in [0, 0.05) is 19.0 Å². The monoisotopic (exact) mass is 554 g/mol. The molecular weight excluding hydrogens is 524 g/mol. The van der Waals surface area contributed by atoms with Gasteiger partial charge in [0.2, 0.25) is 0 Å². The van der Waals surface area contributed by atoms with Crippen LogP contribution in [0.15, 0.2) is 84.9 Å². The second-order valence-electron chi connectivity index (χ2n) is 9.78. The van der Waals surface area contributed by atoms with Crippen LogP contribution in [0.25, 0.3) is 11.1 Å². The zero-order chi connectivity index (χ0) is 28.9. The zero-order valence-electron chi connectivity index (χ0n) is 22.6. The fraction of sp³-hybridized carbons (Fsp3) is 0.226. The largest absolute Gasteiger partial charge is 0.480 e. The van der Waals surface area contributed by atoms with E-state index in [9.17, 15) is 19.5 Å². The molecule has 0 fully saturated rings. The first-order valence-corrected chi connectivity index (χ1v) is 13.2. The van der Waals surface area contributed by atoms with Gasteiger partial charge in [-0.2, -0.15) is 5.10 Å². The molecule has 10 nitrogen and oxygen atoms in total. The molecule has 0 bridgehead atoms. The standard InChI is InChI=1S/C31H30N4O6/c1-19(40-17-20-10-4-3-5-11-20)28(30(37)38)33-29(36)26-16-27(34-35(26)2)32-31(39)41-18-25-23-14-8-6-12-21(23)22-13-7-9-15-24(22)25/h3-16,19,25,28H,17-18H2,1-2H3,(H,33,36)(H,37,38)(H,32,34,39)/t19-,28+/m1/s1. The average molecular weight is 555 g/mol. The summed E-state index contributed by atoms with van der Waals surface area (Å²) in [4.78, 5) is 37.5. The Kier molecular flexibility index (Phi) is 8.11. The van der Waals surface area contributed by atoms with E-state index in [-0.39, 0.29) is 30.6 Å². The minimum Gasteiger partial charge on any atom is -0.480 e. The second-order valence-corrected chi connectivity index (χ2v) is 9.78. The van der Waals surface area contributed by atoms with Gasteiger partial charge < -0.3 is 19.9 Å². The Hall–Kier alpha value is -4.96. The Labute approximate surface area is 236 Å². The molecular formula is C31H30N4O6. The summed E-state index contributed by atoms with van der Waals surface area (Å²) in [5.74, 6) is -1.92. The number of fused-ring (bicyclic) bond motifs is 3. The molecule has 0 radical (unpaired) electrons. The van der Waals surface area contributed by atoms with Gasteiger partial charge >= 0.3 is 12.1 Å². The number of aromatic nitrogens is 2. The molecule has 0 aliphatic heterocycles. The molecule has 41 heavy (non-hydrogen) atoms. The van der Waals surface area contributed by atoms with Crippen molar-refractivity contribution >= 4 is 23.8 Å². The molecule has 10 heteroatoms. The molecule has 0 unspecified atom stereocenters. The number of ether oxygens (including phenoxy) is 2. The number of carbonyl (C=O) groups excluding carboxylic acids is 2. The van der Waals surface area contributed by atoms with Gasteiger partial charge in [-0.15, -0.1) is 0 Å². The van der Waals surface area contributed by atoms with Gasteiger partial charge in [0.25, 0.3) is 5.91 Å². The van der Waals surface area contributed by atoms with Crippen LogP contribution in [-0.2, 0) is 27.9 Å². The minimum atomic E-state index is -1.31. The topological polar surface area (TPSA) is 132 Å². The number of anilines is 1. The number of rotatable bonds is 10. The molecule has 1 aliphatic rings. The third kappa shape index (κ3) is 6.12. The molecule has 1 aromatic heterocycles. The number of benzene rings is 3. The number of carboxylic acid groups (broad SMARTS) is 1. The number of hydrogen-bond acceptors (Lipinski definition) is 6. The summed E-state index contributed by atoms with van der Waals surface area (Å²) in [5, 5.41) is 18.9. The van der Waals surface area contributed by atoms with Crippen molar-refractivity contribution in [3.63, 3.8) is 0 Å². The lowest BCUT2D eigenvalue weighted by Crippen LogP contribution is -2.49. The molecule has 1 aliphatic carbocycles. The first kappa shape index (κ1) is 27.6. The quantitative estimate of drug-likeness (QED) is 0.262. The molecule has 0 spiro atoms. The Morgan fingerprint density at radius 3 is 2.20 bits per heavy atom. The summed E-state index contributed by atoms with van der Waals surface area (Å²) in [5.41, 5.74) is 5.36. The third-order valence-corrected chi connectivity index (χ3v) is 7.06. The van der Waals surface area contributed by atoms with E-state index in [4.69, 9.17) is 9.47 Å². The van der Waals surface area contributed by atoms with Gasteiger partial charge in [-0.1, -0.05) is 78.9 Å². The Bertz CT molecular complexity index is 1520. The summed E-state index contributed by atoms with van der Waals surface area (Å²) in [6.45, 7) is 1.90. The Morgan fingerprint density at radius 2 is 1.56 bits per heavy atom. The van der Waals surface area contributed by atoms with Crippen LogP contribution in [0.2, 0.25) is 0 Å². The number of carbonyl (C=O) groups is 3. The number of amides is 2. The molecule has 3 aromatic carbocycles. The van der Waals surface area contributed by atoms with Crippen molar-refractivity contribution in [3.05, 3.63) is 107 Å². The number of hydrogen-bond donors (Lipinski definition) is 3. The lowest BCUT2D eigenvalue weighted by atomic mass is 9.98. The van der Waals surface area contributed by atoms with Crippen LogP contribution >= 0.6 is 0 Å². The average Bonchev–Trinajstić information content (AvgIpc) is 3.50. The van der Waals surface area contributed by atoms with Crippen LogP contribution in [-0.4, -0.2) is 51.6 Å². The highest BCUT2D eigenvalue weighted by molar-refractivity contribution is 5.96. The first-order chi connectivity index (χ1) is 19.8. The van der Waals surface area contributed by atoms with Gasteiger partial charge in [-0.05, 0) is 34.7 Å². The van der Waals surface area contributed by atoms with Crippen LogP contribution in [0, 0.1) is 0 Å². The normalized spacial score (nSPS) is 13.5. The third-order valence-electron chi connectivity index (χ3n) is 7.06. The molecule has 4 aromatic rings. The fourth-order valence-electron chi connectivity index (χ4n) is 4.97. The molecule has 3 N–H and O–H groups in total. The number of nitrogens with zero attached hydrogens (tertiary/aromatic N) is 2. The molecule has 0 saturated carbocycles. The Morgan fingerprint density at radius 1 is 0.951 bits per heavy atom. The van der Waals surface area contributed by atoms with Crippen LogP contribution in [0.5, 0.6) is 0 Å². The lowest BCUT2D eigenvalue weighted by molar-refractivity contribution is -0.143. The minimum absolute atomic E-state index is 0.0560. The van der Waals surface area contributed by atoms with Crippen molar-refractivity contribution in [3.8, 4) is 11.1 Å². The first-order valence-electron chi connectivity index (χ1n) is 13.2. The maximum atomic E-state index is 13.0. The zero-order valence-corrected chi connectivity index (χ0v) is 22.6. The smallest absolute Gasteiger partial charge is 0.412 e. The van der Waals surface area contributed by atoms with Gasteiger partial charge in [0.1, 0.15) is 12.3 Å². The van der Waals surface area contributed by atoms with Crippen molar-refractivity contribution < 1.29 is 29.0 Å². The van der Waals surface area contributed by atoms with E-state index in [1.165, 1.54) is 17.8 Å². The maximum absolute atomic E-state index is 13.0. The van der Waals surface area contributed by atoms with Crippen LogP contribution in [0.4, 0.5) is 10.6 Å². The maximum Gasteiger partial charge on any atom is 0.412 e. The highest BCUT2D eigenvalue weighted by atomic mass is 16.5. The van der Waals surface area contributed by atoms with Gasteiger partial charge in [-0.3, -0.25) is 14.8 Å². The summed E-state index contributed by atoms with van der Waals surface area (Å²) in [6, 6.07) is 25.4. The van der Waals surface area contributed by atoms with Gasteiger partial charge in [0.15, 0.2) is 11.9 Å². The predicted molar refractivity (Wildman–Crippen MR) is 151 cm³/mol. The molecule has 1 heterocycles. The second kappa shape index (κ2) is 12.1. The fourth-order valence-corrected chi connectivity index (χ4v) is 4.97. The van der Waals surface area contributed by atoms with Crippen LogP contribution < -0.4 is 10.6 Å². The molecule has 2 atom stereocenters. The van der Waals surface area contributed by atoms with E-state index in [0.29, 0.717) is 0 Å². The lowest BCUT2D eigenvalue weighted by Gasteiger charge is -2.22. The highest BCUT2D eigenvalue weighted by Gasteiger charge is 2.30. The predicted octanol–water partition coefficient (Wildman–Crippen LogP) is 4.57. The van der Waals surface area contributed by atoms with Gasteiger partial charge in [0.05, 0.1) is 12.7 Å². The molecule has 210 valence electrons. The van der Waals surface area contributed by atoms with E-state index < -0.39 is 30.1 Å². The van der Waals surface area contributed by atoms with Gasteiger partial charge in [-0.25, -0.2) is 9.59 Å². The summed E-state index contributed by atoms with van der Waals surface area (Å²) in [7, 11) is 1.52. The highest BCUT2D eigenvalue weighted by Crippen LogP contribution is 2.44. The van der Waals surface area contributed by atoms with E-state index in [2.05, 4.69) is 27.9 Å². The molecule has 5 rings (SSSR count). The number of aliphatic carboxylic acids is 1. The Balaban J connectivity index is 1.19. The van der Waals surface area contributed by atoms with Crippen molar-refractivity contribution in [2.75, 3.05) is 11.9 Å². The summed E-state index contributed by atoms with van der Waals surface area (Å²) >= 11 is 0. The van der Waals surface area contributed by atoms with E-state index in [1.807, 2.05) is 66.7 Å². The van der Waals surface area contributed by atoms with E-state index >= 15 is 0 Å². The van der Waals surface area contributed by atoms with E-state index in [1.54, 1.807) is 6.92 Å². The number of carboxylic acids is 1. The molecule has 0 saturated heterocycles. The number of aryl methyl sites for hydroxylation is 1. The number of nitrogens with one attached hydrogen (secondary N) is 2. The van der Waals surface area contributed by atoms with Crippen LogP contribution in [0.1, 0.15) is 40.0 Å². The van der Waals surface area contributed by atoms with Crippen molar-refractivity contribution in [2.45, 2.75) is 31.6 Å². The molecule has 2 amide bonds. The van der Waals surface area contributed by atoms with Crippen molar-refractivity contribution in [2.24, 2.45) is 7.05 Å². The van der Waals surface area contributed by atoms with Crippen LogP contribution in [0.3, 0.4) is 0 Å². The van der Waals surface area contributed by atoms with Crippen molar-refractivity contribution in [1.82, 2.24) is 15.1 Å². The summed E-state index contributed by atoms with van der Waals surface area (Å²) < 4.78 is 12.5. The van der Waals surface area contributed by atoms with Crippen molar-refractivity contribution in [1.29, 1.82) is 0 Å². The SMILES string of the molecule is C[C@@H](OCc1ccccc1)[C@H](NC(=O)c1cc(NC(=O)OCC2c3ccccc3-c3ccccc32)nn1C)C(=O)O. The van der Waals surface area contributed by atoms with E-state index in [0.717, 1.165) is 27.8 Å². The summed E-state index contributed by atoms with van der Waals surface area (Å²) in [6.07, 6.45) is -1.54.